The third-order valence-electron chi connectivity index (χ3n) is 5.84. The predicted octanol–water partition coefficient (Wildman–Crippen LogP) is 5.51. The fourth-order valence-corrected chi connectivity index (χ4v) is 4.36. The molecule has 10 nitrogen and oxygen atoms in total. The van der Waals surface area contributed by atoms with E-state index in [1.807, 2.05) is 13.0 Å². The Bertz CT molecular complexity index is 1530. The lowest BCUT2D eigenvalue weighted by atomic mass is 10.0. The van der Waals surface area contributed by atoms with Gasteiger partial charge in [0.25, 0.3) is 17.5 Å². The molecule has 0 bridgehead atoms. The van der Waals surface area contributed by atoms with Crippen molar-refractivity contribution in [1.29, 1.82) is 0 Å². The molecule has 0 spiro atoms. The van der Waals surface area contributed by atoms with Crippen molar-refractivity contribution in [3.8, 4) is 11.5 Å². The molecule has 1 aliphatic heterocycles. The van der Waals surface area contributed by atoms with E-state index < -0.39 is 22.8 Å². The summed E-state index contributed by atoms with van der Waals surface area (Å²) in [7, 11) is 0. The van der Waals surface area contributed by atoms with E-state index in [0.29, 0.717) is 22.4 Å². The highest BCUT2D eigenvalue weighted by Gasteiger charge is 2.37. The van der Waals surface area contributed by atoms with E-state index in [2.05, 4.69) is 5.32 Å². The van der Waals surface area contributed by atoms with Crippen LogP contribution < -0.4 is 19.7 Å². The second kappa shape index (κ2) is 11.4. The van der Waals surface area contributed by atoms with Gasteiger partial charge in [-0.25, -0.2) is 9.69 Å². The lowest BCUT2D eigenvalue weighted by Crippen LogP contribution is -2.54. The molecule has 11 heteroatoms. The topological polar surface area (TPSA) is 128 Å². The quantitative estimate of drug-likeness (QED) is 0.170. The number of nitrogens with zero attached hydrogens (tertiary/aromatic N) is 2. The lowest BCUT2D eigenvalue weighted by Gasteiger charge is -2.27. The van der Waals surface area contributed by atoms with Gasteiger partial charge < -0.3 is 9.47 Å². The van der Waals surface area contributed by atoms with Gasteiger partial charge in [0, 0.05) is 12.1 Å². The average Bonchev–Trinajstić information content (AvgIpc) is 2.87. The van der Waals surface area contributed by atoms with Crippen LogP contribution in [0.25, 0.3) is 6.08 Å². The summed E-state index contributed by atoms with van der Waals surface area (Å²) in [4.78, 5) is 50.0. The van der Waals surface area contributed by atoms with Gasteiger partial charge in [-0.05, 0) is 61.7 Å². The van der Waals surface area contributed by atoms with Gasteiger partial charge in [0.2, 0.25) is 0 Å². The molecule has 3 aromatic rings. The lowest BCUT2D eigenvalue weighted by molar-refractivity contribution is -0.384. The zero-order valence-electron chi connectivity index (χ0n) is 21.3. The number of non-ortho nitro benzene ring substituents is 1. The Morgan fingerprint density at radius 2 is 1.82 bits per heavy atom. The van der Waals surface area contributed by atoms with Crippen LogP contribution in [-0.2, 0) is 16.2 Å². The maximum atomic E-state index is 13.3. The number of nitrogens with one attached hydrogen (secondary N) is 1. The first-order valence-corrected chi connectivity index (χ1v) is 12.3. The van der Waals surface area contributed by atoms with Crippen LogP contribution in [-0.4, -0.2) is 29.4 Å². The van der Waals surface area contributed by atoms with Crippen molar-refractivity contribution in [3.63, 3.8) is 0 Å². The molecule has 1 heterocycles. The van der Waals surface area contributed by atoms with E-state index >= 15 is 0 Å². The number of barbiturate groups is 1. The number of aryl methyl sites for hydroxylation is 2. The maximum absolute atomic E-state index is 13.3. The standard InChI is InChI=1S/C28H24ClN3O7/c1-4-38-24-14-19(13-22(29)25(24)39-15-18-6-5-7-20(11-18)32(36)37)12-21-26(33)30-28(35)31(27(21)34)23-9-8-16(2)10-17(23)3/h5-14H,4,15H2,1-3H3,(H,30,33,35)/b21-12+. The average molecular weight is 550 g/mol. The molecule has 4 rings (SSSR count). The normalized spacial score (nSPS) is 14.4. The van der Waals surface area contributed by atoms with Crippen molar-refractivity contribution in [3.05, 3.63) is 97.6 Å². The van der Waals surface area contributed by atoms with Gasteiger partial charge >= 0.3 is 6.03 Å². The Morgan fingerprint density at radius 1 is 1.05 bits per heavy atom. The van der Waals surface area contributed by atoms with Crippen LogP contribution in [0.15, 0.2) is 60.2 Å². The number of imide groups is 2. The minimum Gasteiger partial charge on any atom is -0.490 e. The Hall–Kier alpha value is -4.70. The van der Waals surface area contributed by atoms with Crippen LogP contribution in [0, 0.1) is 24.0 Å². The largest absolute Gasteiger partial charge is 0.490 e. The molecule has 39 heavy (non-hydrogen) atoms. The van der Waals surface area contributed by atoms with E-state index in [4.69, 9.17) is 21.1 Å². The monoisotopic (exact) mass is 549 g/mol. The van der Waals surface area contributed by atoms with Crippen molar-refractivity contribution in [2.45, 2.75) is 27.4 Å². The van der Waals surface area contributed by atoms with Gasteiger partial charge in [0.05, 0.1) is 22.2 Å². The van der Waals surface area contributed by atoms with Crippen molar-refractivity contribution in [1.82, 2.24) is 5.32 Å². The number of ether oxygens (including phenoxy) is 2. The third kappa shape index (κ3) is 5.91. The minimum atomic E-state index is -0.842. The van der Waals surface area contributed by atoms with Crippen molar-refractivity contribution in [2.75, 3.05) is 11.5 Å². The second-order valence-corrected chi connectivity index (χ2v) is 9.13. The van der Waals surface area contributed by atoms with Crippen LogP contribution in [0.4, 0.5) is 16.2 Å². The minimum absolute atomic E-state index is 0.0181. The van der Waals surface area contributed by atoms with Crippen LogP contribution in [0.3, 0.4) is 0 Å². The summed E-state index contributed by atoms with van der Waals surface area (Å²) in [6.07, 6.45) is 1.32. The van der Waals surface area contributed by atoms with Crippen molar-refractivity contribution >= 4 is 46.9 Å². The molecule has 0 unspecified atom stereocenters. The molecule has 3 aromatic carbocycles. The number of nitro groups is 1. The van der Waals surface area contributed by atoms with Crippen LogP contribution in [0.1, 0.15) is 29.2 Å². The van der Waals surface area contributed by atoms with E-state index in [9.17, 15) is 24.5 Å². The number of hydrogen-bond acceptors (Lipinski definition) is 7. The Morgan fingerprint density at radius 3 is 2.51 bits per heavy atom. The summed E-state index contributed by atoms with van der Waals surface area (Å²) < 4.78 is 11.5. The molecule has 1 aliphatic rings. The van der Waals surface area contributed by atoms with Gasteiger partial charge in [-0.2, -0.15) is 0 Å². The molecule has 0 atom stereocenters. The van der Waals surface area contributed by atoms with Crippen LogP contribution in [0.5, 0.6) is 11.5 Å². The summed E-state index contributed by atoms with van der Waals surface area (Å²) in [5.74, 6) is -1.19. The molecular weight excluding hydrogens is 526 g/mol. The number of carbonyl (C=O) groups is 3. The summed E-state index contributed by atoms with van der Waals surface area (Å²) in [6, 6.07) is 13.4. The molecule has 200 valence electrons. The number of benzene rings is 3. The van der Waals surface area contributed by atoms with Crippen molar-refractivity contribution < 1.29 is 28.8 Å². The van der Waals surface area contributed by atoms with E-state index in [0.717, 1.165) is 10.5 Å². The number of urea groups is 1. The summed E-state index contributed by atoms with van der Waals surface area (Å²) in [5.41, 5.74) is 2.59. The van der Waals surface area contributed by atoms with E-state index in [1.165, 1.54) is 24.3 Å². The van der Waals surface area contributed by atoms with Gasteiger partial charge in [0.1, 0.15) is 12.2 Å². The van der Waals surface area contributed by atoms with Gasteiger partial charge in [-0.3, -0.25) is 25.0 Å². The molecule has 0 saturated carbocycles. The number of carbonyl (C=O) groups excluding carboxylic acids is 3. The van der Waals surface area contributed by atoms with Gasteiger partial charge in [-0.1, -0.05) is 41.4 Å². The number of amides is 4. The zero-order valence-corrected chi connectivity index (χ0v) is 22.1. The predicted molar refractivity (Wildman–Crippen MR) is 145 cm³/mol. The molecular formula is C28H24ClN3O7. The highest BCUT2D eigenvalue weighted by atomic mass is 35.5. The summed E-state index contributed by atoms with van der Waals surface area (Å²) in [5, 5.41) is 13.4. The maximum Gasteiger partial charge on any atom is 0.335 e. The number of rotatable bonds is 8. The Balaban J connectivity index is 1.66. The van der Waals surface area contributed by atoms with Gasteiger partial charge in [0.15, 0.2) is 11.5 Å². The summed E-state index contributed by atoms with van der Waals surface area (Å²) in [6.45, 7) is 5.66. The zero-order chi connectivity index (χ0) is 28.3. The van der Waals surface area contributed by atoms with Crippen LogP contribution >= 0.6 is 11.6 Å². The first kappa shape index (κ1) is 27.3. The Labute approximate surface area is 228 Å². The Kier molecular flexibility index (Phi) is 7.96. The molecule has 1 N–H and O–H groups in total. The smallest absolute Gasteiger partial charge is 0.335 e. The highest BCUT2D eigenvalue weighted by Crippen LogP contribution is 2.38. The van der Waals surface area contributed by atoms with Crippen LogP contribution in [0.2, 0.25) is 5.02 Å². The first-order valence-electron chi connectivity index (χ1n) is 11.9. The molecule has 4 amide bonds. The molecule has 1 saturated heterocycles. The number of halogens is 1. The molecule has 1 fully saturated rings. The van der Waals surface area contributed by atoms with Crippen molar-refractivity contribution in [2.24, 2.45) is 0 Å². The SMILES string of the molecule is CCOc1cc(/C=C2\C(=O)NC(=O)N(c3ccc(C)cc3C)C2=O)cc(Cl)c1OCc1cccc([N+](=O)[O-])c1. The third-order valence-corrected chi connectivity index (χ3v) is 6.12. The number of nitro benzene ring substituents is 1. The van der Waals surface area contributed by atoms with E-state index in [1.54, 1.807) is 44.2 Å². The number of hydrogen-bond donors (Lipinski definition) is 1. The first-order chi connectivity index (χ1) is 18.6. The fourth-order valence-electron chi connectivity index (χ4n) is 4.09. The second-order valence-electron chi connectivity index (χ2n) is 8.73. The van der Waals surface area contributed by atoms with E-state index in [-0.39, 0.29) is 41.0 Å². The number of anilines is 1. The molecule has 0 aromatic heterocycles. The van der Waals surface area contributed by atoms with Gasteiger partial charge in [-0.15, -0.1) is 0 Å². The molecule has 0 radical (unpaired) electrons. The fraction of sp³-hybridized carbons (Fsp3) is 0.179. The summed E-state index contributed by atoms with van der Waals surface area (Å²) >= 11 is 6.50. The highest BCUT2D eigenvalue weighted by molar-refractivity contribution is 6.39. The molecule has 0 aliphatic carbocycles.